The summed E-state index contributed by atoms with van der Waals surface area (Å²) in [6.07, 6.45) is 1.60. The number of carboxylic acid groups (broad SMARTS) is 1. The standard InChI is InChI=1S/C11H8ClNO3/c12-8-3-4-9(16-6-10(14)15)11-7(8)2-1-5-13-11/h1-5H,6H2,(H,14,15). The number of ether oxygens (including phenoxy) is 1. The Labute approximate surface area is 96.4 Å². The van der Waals surface area contributed by atoms with Crippen molar-refractivity contribution >= 4 is 28.5 Å². The number of nitrogens with zero attached hydrogens (tertiary/aromatic N) is 1. The van der Waals surface area contributed by atoms with Crippen molar-refractivity contribution < 1.29 is 14.6 Å². The number of aromatic nitrogens is 1. The molecule has 0 amide bonds. The maximum absolute atomic E-state index is 10.4. The first kappa shape index (κ1) is 10.7. The van der Waals surface area contributed by atoms with Gasteiger partial charge in [-0.15, -0.1) is 0 Å². The third-order valence-electron chi connectivity index (χ3n) is 2.03. The van der Waals surface area contributed by atoms with Crippen molar-refractivity contribution in [2.75, 3.05) is 6.61 Å². The number of benzene rings is 1. The molecule has 0 bridgehead atoms. The molecule has 0 aliphatic carbocycles. The second-order valence-corrected chi connectivity index (χ2v) is 3.53. The Kier molecular flexibility index (Phi) is 2.92. The fraction of sp³-hybridized carbons (Fsp3) is 0.0909. The first-order valence-corrected chi connectivity index (χ1v) is 4.94. The Hall–Kier alpha value is -1.81. The molecule has 5 heteroatoms. The lowest BCUT2D eigenvalue weighted by Crippen LogP contribution is -2.09. The molecule has 0 aliphatic rings. The van der Waals surface area contributed by atoms with Gasteiger partial charge in [0.1, 0.15) is 11.3 Å². The van der Waals surface area contributed by atoms with Gasteiger partial charge in [-0.05, 0) is 24.3 Å². The zero-order valence-corrected chi connectivity index (χ0v) is 8.94. The number of hydrogen-bond acceptors (Lipinski definition) is 3. The molecule has 0 saturated carbocycles. The molecule has 0 radical (unpaired) electrons. The van der Waals surface area contributed by atoms with E-state index in [1.54, 1.807) is 30.5 Å². The van der Waals surface area contributed by atoms with E-state index in [1.165, 1.54) is 0 Å². The van der Waals surface area contributed by atoms with E-state index < -0.39 is 12.6 Å². The molecule has 1 N–H and O–H groups in total. The molecule has 2 rings (SSSR count). The summed E-state index contributed by atoms with van der Waals surface area (Å²) in [5.74, 6) is -0.610. The fourth-order valence-electron chi connectivity index (χ4n) is 1.37. The highest BCUT2D eigenvalue weighted by molar-refractivity contribution is 6.35. The maximum Gasteiger partial charge on any atom is 0.341 e. The zero-order chi connectivity index (χ0) is 11.5. The minimum atomic E-state index is -1.03. The van der Waals surface area contributed by atoms with Crippen molar-refractivity contribution in [1.29, 1.82) is 0 Å². The van der Waals surface area contributed by atoms with Crippen LogP contribution in [-0.2, 0) is 4.79 Å². The van der Waals surface area contributed by atoms with Crippen molar-refractivity contribution in [2.45, 2.75) is 0 Å². The summed E-state index contributed by atoms with van der Waals surface area (Å²) in [6, 6.07) is 6.83. The SMILES string of the molecule is O=C(O)COc1ccc(Cl)c2cccnc12. The lowest BCUT2D eigenvalue weighted by molar-refractivity contribution is -0.139. The Morgan fingerprint density at radius 3 is 3.00 bits per heavy atom. The molecule has 2 aromatic rings. The third-order valence-corrected chi connectivity index (χ3v) is 2.36. The second kappa shape index (κ2) is 4.37. The van der Waals surface area contributed by atoms with Crippen molar-refractivity contribution in [3.63, 3.8) is 0 Å². The van der Waals surface area contributed by atoms with Crippen LogP contribution in [0.4, 0.5) is 0 Å². The first-order chi connectivity index (χ1) is 7.68. The summed E-state index contributed by atoms with van der Waals surface area (Å²) in [6.45, 7) is -0.396. The number of halogens is 1. The van der Waals surface area contributed by atoms with Crippen molar-refractivity contribution in [3.05, 3.63) is 35.5 Å². The van der Waals surface area contributed by atoms with Gasteiger partial charge in [0.05, 0.1) is 5.02 Å². The van der Waals surface area contributed by atoms with E-state index in [2.05, 4.69) is 4.98 Å². The molecule has 16 heavy (non-hydrogen) atoms. The van der Waals surface area contributed by atoms with Crippen LogP contribution in [0.2, 0.25) is 5.02 Å². The molecule has 0 aliphatic heterocycles. The van der Waals surface area contributed by atoms with Crippen LogP contribution in [0.1, 0.15) is 0 Å². The Bertz CT molecular complexity index is 542. The zero-order valence-electron chi connectivity index (χ0n) is 8.18. The van der Waals surface area contributed by atoms with E-state index in [1.807, 2.05) is 0 Å². The summed E-state index contributed by atoms with van der Waals surface area (Å²) in [5.41, 5.74) is 0.566. The number of carboxylic acids is 1. The quantitative estimate of drug-likeness (QED) is 0.890. The molecule has 4 nitrogen and oxygen atoms in total. The van der Waals surface area contributed by atoms with E-state index in [-0.39, 0.29) is 0 Å². The van der Waals surface area contributed by atoms with Gasteiger partial charge in [-0.1, -0.05) is 11.6 Å². The molecule has 0 saturated heterocycles. The van der Waals surface area contributed by atoms with Gasteiger partial charge in [0.25, 0.3) is 0 Å². The van der Waals surface area contributed by atoms with E-state index >= 15 is 0 Å². The van der Waals surface area contributed by atoms with Crippen LogP contribution in [0.15, 0.2) is 30.5 Å². The molecule has 82 valence electrons. The Morgan fingerprint density at radius 1 is 1.44 bits per heavy atom. The van der Waals surface area contributed by atoms with Crippen LogP contribution in [-0.4, -0.2) is 22.7 Å². The number of carbonyl (C=O) groups is 1. The van der Waals surface area contributed by atoms with E-state index in [0.717, 1.165) is 5.39 Å². The molecule has 1 aromatic carbocycles. The van der Waals surface area contributed by atoms with E-state index in [4.69, 9.17) is 21.4 Å². The average molecular weight is 238 g/mol. The van der Waals surface area contributed by atoms with Crippen LogP contribution < -0.4 is 4.74 Å². The highest BCUT2D eigenvalue weighted by Crippen LogP contribution is 2.29. The lowest BCUT2D eigenvalue weighted by atomic mass is 10.2. The van der Waals surface area contributed by atoms with Crippen molar-refractivity contribution in [2.24, 2.45) is 0 Å². The first-order valence-electron chi connectivity index (χ1n) is 4.56. The third kappa shape index (κ3) is 2.06. The highest BCUT2D eigenvalue weighted by atomic mass is 35.5. The van der Waals surface area contributed by atoms with Crippen molar-refractivity contribution in [3.8, 4) is 5.75 Å². The average Bonchev–Trinajstić information content (AvgIpc) is 2.28. The molecule has 0 unspecified atom stereocenters. The topological polar surface area (TPSA) is 59.4 Å². The number of rotatable bonds is 3. The fourth-order valence-corrected chi connectivity index (χ4v) is 1.58. The van der Waals surface area contributed by atoms with Gasteiger partial charge >= 0.3 is 5.97 Å². The monoisotopic (exact) mass is 237 g/mol. The number of pyridine rings is 1. The number of fused-ring (bicyclic) bond motifs is 1. The van der Waals surface area contributed by atoms with Gasteiger partial charge < -0.3 is 9.84 Å². The predicted octanol–water partition coefficient (Wildman–Crippen LogP) is 2.35. The normalized spacial score (nSPS) is 10.3. The molecule has 1 aromatic heterocycles. The predicted molar refractivity (Wildman–Crippen MR) is 59.9 cm³/mol. The molecule has 0 spiro atoms. The van der Waals surface area contributed by atoms with Gasteiger partial charge in [-0.3, -0.25) is 4.98 Å². The summed E-state index contributed by atoms with van der Waals surface area (Å²) in [5, 5.41) is 9.83. The van der Waals surface area contributed by atoms with Gasteiger partial charge in [0.2, 0.25) is 0 Å². The largest absolute Gasteiger partial charge is 0.480 e. The summed E-state index contributed by atoms with van der Waals surface area (Å²) in [7, 11) is 0. The lowest BCUT2D eigenvalue weighted by Gasteiger charge is -2.07. The van der Waals surface area contributed by atoms with Gasteiger partial charge in [0, 0.05) is 11.6 Å². The Morgan fingerprint density at radius 2 is 2.25 bits per heavy atom. The molecular weight excluding hydrogens is 230 g/mol. The van der Waals surface area contributed by atoms with Crippen LogP contribution in [0.5, 0.6) is 5.75 Å². The van der Waals surface area contributed by atoms with Crippen LogP contribution in [0.25, 0.3) is 10.9 Å². The van der Waals surface area contributed by atoms with Crippen molar-refractivity contribution in [1.82, 2.24) is 4.98 Å². The molecule has 0 fully saturated rings. The second-order valence-electron chi connectivity index (χ2n) is 3.13. The van der Waals surface area contributed by atoms with E-state index in [0.29, 0.717) is 16.3 Å². The van der Waals surface area contributed by atoms with Gasteiger partial charge in [0.15, 0.2) is 6.61 Å². The minimum Gasteiger partial charge on any atom is -0.480 e. The molecule has 0 atom stereocenters. The smallest absolute Gasteiger partial charge is 0.341 e. The Balaban J connectivity index is 2.46. The molecular formula is C11H8ClNO3. The summed E-state index contributed by atoms with van der Waals surface area (Å²) in [4.78, 5) is 14.5. The van der Waals surface area contributed by atoms with E-state index in [9.17, 15) is 4.79 Å². The molecule has 1 heterocycles. The van der Waals surface area contributed by atoms with Crippen LogP contribution in [0.3, 0.4) is 0 Å². The highest BCUT2D eigenvalue weighted by Gasteiger charge is 2.07. The van der Waals surface area contributed by atoms with Gasteiger partial charge in [-0.25, -0.2) is 4.79 Å². The number of hydrogen-bond donors (Lipinski definition) is 1. The van der Waals surface area contributed by atoms with Gasteiger partial charge in [-0.2, -0.15) is 0 Å². The van der Waals surface area contributed by atoms with Crippen LogP contribution in [0, 0.1) is 0 Å². The minimum absolute atomic E-state index is 0.396. The summed E-state index contributed by atoms with van der Waals surface area (Å²) >= 11 is 5.98. The maximum atomic E-state index is 10.4. The number of aliphatic carboxylic acids is 1. The van der Waals surface area contributed by atoms with Crippen LogP contribution >= 0.6 is 11.6 Å². The summed E-state index contributed by atoms with van der Waals surface area (Å²) < 4.78 is 5.12.